The fourth-order valence-corrected chi connectivity index (χ4v) is 2.65. The average molecular weight is 312 g/mol. The molecule has 0 aliphatic carbocycles. The molecule has 0 unspecified atom stereocenters. The van der Waals surface area contributed by atoms with Crippen LogP contribution in [0.15, 0.2) is 48.5 Å². The standard InChI is InChI=1S/C18H17FN2O2/c1-21-15-8-7-14(19)9-13(15)10-16(21)18(22)20-11-12-5-3-4-6-17(12)23-2/h3-10H,11H2,1-2H3,(H,20,22). The maximum absolute atomic E-state index is 13.3. The Hall–Kier alpha value is -2.82. The second kappa shape index (κ2) is 6.12. The molecule has 3 aromatic rings. The van der Waals surface area contributed by atoms with Crippen LogP contribution in [0.5, 0.6) is 5.75 Å². The van der Waals surface area contributed by atoms with E-state index in [1.165, 1.54) is 12.1 Å². The Labute approximate surface area is 133 Å². The van der Waals surface area contributed by atoms with Gasteiger partial charge >= 0.3 is 0 Å². The number of ether oxygens (including phenoxy) is 1. The maximum Gasteiger partial charge on any atom is 0.268 e. The Morgan fingerprint density at radius 3 is 2.78 bits per heavy atom. The van der Waals surface area contributed by atoms with E-state index in [1.807, 2.05) is 24.3 Å². The minimum absolute atomic E-state index is 0.213. The number of methoxy groups -OCH3 is 1. The Morgan fingerprint density at radius 2 is 2.00 bits per heavy atom. The van der Waals surface area contributed by atoms with Gasteiger partial charge in [-0.1, -0.05) is 18.2 Å². The molecule has 118 valence electrons. The Morgan fingerprint density at radius 1 is 1.22 bits per heavy atom. The van der Waals surface area contributed by atoms with Crippen LogP contribution < -0.4 is 10.1 Å². The van der Waals surface area contributed by atoms with Crippen molar-refractivity contribution in [3.8, 4) is 5.75 Å². The molecular weight excluding hydrogens is 295 g/mol. The number of rotatable bonds is 4. The molecule has 0 bridgehead atoms. The molecule has 0 aliphatic heterocycles. The highest BCUT2D eigenvalue weighted by molar-refractivity contribution is 5.98. The SMILES string of the molecule is COc1ccccc1CNC(=O)c1cc2cc(F)ccc2n1C. The van der Waals surface area contributed by atoms with Gasteiger partial charge in [-0.15, -0.1) is 0 Å². The fourth-order valence-electron chi connectivity index (χ4n) is 2.65. The molecule has 0 atom stereocenters. The second-order valence-electron chi connectivity index (χ2n) is 5.29. The van der Waals surface area contributed by atoms with Gasteiger partial charge in [-0.3, -0.25) is 4.79 Å². The van der Waals surface area contributed by atoms with Crippen molar-refractivity contribution in [1.82, 2.24) is 9.88 Å². The summed E-state index contributed by atoms with van der Waals surface area (Å²) in [6.07, 6.45) is 0. The number of carbonyl (C=O) groups excluding carboxylic acids is 1. The summed E-state index contributed by atoms with van der Waals surface area (Å²) in [7, 11) is 3.39. The second-order valence-corrected chi connectivity index (χ2v) is 5.29. The summed E-state index contributed by atoms with van der Waals surface area (Å²) in [4.78, 5) is 12.4. The molecule has 0 radical (unpaired) electrons. The fraction of sp³-hybridized carbons (Fsp3) is 0.167. The monoisotopic (exact) mass is 312 g/mol. The van der Waals surface area contributed by atoms with Crippen LogP contribution in [-0.2, 0) is 13.6 Å². The van der Waals surface area contributed by atoms with Crippen LogP contribution in [0, 0.1) is 5.82 Å². The molecule has 0 aliphatic rings. The predicted molar refractivity (Wildman–Crippen MR) is 87.0 cm³/mol. The van der Waals surface area contributed by atoms with E-state index in [0.717, 1.165) is 16.8 Å². The number of carbonyl (C=O) groups is 1. The van der Waals surface area contributed by atoms with Crippen LogP contribution in [0.3, 0.4) is 0 Å². The van der Waals surface area contributed by atoms with Gasteiger partial charge in [-0.05, 0) is 30.3 Å². The lowest BCUT2D eigenvalue weighted by molar-refractivity contribution is 0.0943. The van der Waals surface area contributed by atoms with E-state index in [0.29, 0.717) is 17.6 Å². The zero-order chi connectivity index (χ0) is 16.4. The predicted octanol–water partition coefficient (Wildman–Crippen LogP) is 3.26. The number of nitrogens with one attached hydrogen (secondary N) is 1. The zero-order valence-electron chi connectivity index (χ0n) is 13.0. The van der Waals surface area contributed by atoms with Gasteiger partial charge in [0.15, 0.2) is 0 Å². The van der Waals surface area contributed by atoms with E-state index in [-0.39, 0.29) is 11.7 Å². The molecule has 1 amide bonds. The minimum Gasteiger partial charge on any atom is -0.496 e. The van der Waals surface area contributed by atoms with E-state index in [9.17, 15) is 9.18 Å². The van der Waals surface area contributed by atoms with Gasteiger partial charge in [-0.25, -0.2) is 4.39 Å². The summed E-state index contributed by atoms with van der Waals surface area (Å²) >= 11 is 0. The third kappa shape index (κ3) is 2.90. The lowest BCUT2D eigenvalue weighted by Crippen LogP contribution is -2.25. The number of benzene rings is 2. The number of nitrogens with zero attached hydrogens (tertiary/aromatic N) is 1. The van der Waals surface area contributed by atoms with Crippen molar-refractivity contribution in [3.63, 3.8) is 0 Å². The Bertz CT molecular complexity index is 871. The van der Waals surface area contributed by atoms with Crippen LogP contribution in [0.1, 0.15) is 16.1 Å². The van der Waals surface area contributed by atoms with Crippen molar-refractivity contribution in [1.29, 1.82) is 0 Å². The highest BCUT2D eigenvalue weighted by Gasteiger charge is 2.14. The first kappa shape index (κ1) is 15.1. The van der Waals surface area contributed by atoms with Crippen molar-refractivity contribution in [2.75, 3.05) is 7.11 Å². The molecule has 0 spiro atoms. The molecule has 23 heavy (non-hydrogen) atoms. The smallest absolute Gasteiger partial charge is 0.268 e. The number of hydrogen-bond donors (Lipinski definition) is 1. The van der Waals surface area contributed by atoms with Crippen molar-refractivity contribution in [2.24, 2.45) is 7.05 Å². The molecular formula is C18H17FN2O2. The maximum atomic E-state index is 13.3. The van der Waals surface area contributed by atoms with Crippen molar-refractivity contribution < 1.29 is 13.9 Å². The molecule has 0 fully saturated rings. The van der Waals surface area contributed by atoms with E-state index in [4.69, 9.17) is 4.74 Å². The van der Waals surface area contributed by atoms with Crippen molar-refractivity contribution >= 4 is 16.8 Å². The summed E-state index contributed by atoms with van der Waals surface area (Å²) in [5, 5.41) is 3.58. The summed E-state index contributed by atoms with van der Waals surface area (Å²) in [6, 6.07) is 13.7. The molecule has 0 saturated heterocycles. The van der Waals surface area contributed by atoms with Crippen LogP contribution in [-0.4, -0.2) is 17.6 Å². The van der Waals surface area contributed by atoms with Gasteiger partial charge in [0, 0.05) is 30.1 Å². The molecule has 4 nitrogen and oxygen atoms in total. The summed E-state index contributed by atoms with van der Waals surface area (Å²) in [5.41, 5.74) is 2.20. The van der Waals surface area contributed by atoms with Gasteiger partial charge < -0.3 is 14.6 Å². The Balaban J connectivity index is 1.82. The van der Waals surface area contributed by atoms with Gasteiger partial charge in [0.05, 0.1) is 7.11 Å². The van der Waals surface area contributed by atoms with Crippen LogP contribution in [0.25, 0.3) is 10.9 Å². The summed E-state index contributed by atoms with van der Waals surface area (Å²) in [6.45, 7) is 0.360. The zero-order valence-corrected chi connectivity index (χ0v) is 13.0. The largest absolute Gasteiger partial charge is 0.496 e. The van der Waals surface area contributed by atoms with Gasteiger partial charge in [-0.2, -0.15) is 0 Å². The number of halogens is 1. The summed E-state index contributed by atoms with van der Waals surface area (Å²) in [5.74, 6) is 0.200. The average Bonchev–Trinajstić information content (AvgIpc) is 2.89. The first-order valence-electron chi connectivity index (χ1n) is 7.25. The van der Waals surface area contributed by atoms with Gasteiger partial charge in [0.1, 0.15) is 17.3 Å². The molecule has 2 aromatic carbocycles. The number of fused-ring (bicyclic) bond motifs is 1. The molecule has 1 N–H and O–H groups in total. The van der Waals surface area contributed by atoms with Crippen molar-refractivity contribution in [2.45, 2.75) is 6.54 Å². The molecule has 5 heteroatoms. The number of hydrogen-bond acceptors (Lipinski definition) is 2. The number of para-hydroxylation sites is 1. The number of aryl methyl sites for hydroxylation is 1. The van der Waals surface area contributed by atoms with Gasteiger partial charge in [0.25, 0.3) is 5.91 Å². The third-order valence-corrected chi connectivity index (χ3v) is 3.87. The topological polar surface area (TPSA) is 43.3 Å². The van der Waals surface area contributed by atoms with Gasteiger partial charge in [0.2, 0.25) is 0 Å². The van der Waals surface area contributed by atoms with Crippen LogP contribution in [0.2, 0.25) is 0 Å². The molecule has 0 saturated carbocycles. The minimum atomic E-state index is -0.316. The molecule has 1 heterocycles. The first-order chi connectivity index (χ1) is 11.1. The normalized spacial score (nSPS) is 10.7. The first-order valence-corrected chi connectivity index (χ1v) is 7.25. The van der Waals surface area contributed by atoms with E-state index >= 15 is 0 Å². The molecule has 3 rings (SSSR count). The Kier molecular flexibility index (Phi) is 4.02. The van der Waals surface area contributed by atoms with Crippen LogP contribution >= 0.6 is 0 Å². The van der Waals surface area contributed by atoms with E-state index in [2.05, 4.69) is 5.32 Å². The summed E-state index contributed by atoms with van der Waals surface area (Å²) < 4.78 is 20.3. The highest BCUT2D eigenvalue weighted by Crippen LogP contribution is 2.21. The lowest BCUT2D eigenvalue weighted by Gasteiger charge is -2.10. The lowest BCUT2D eigenvalue weighted by atomic mass is 10.2. The van der Waals surface area contributed by atoms with Crippen molar-refractivity contribution in [3.05, 3.63) is 65.6 Å². The van der Waals surface area contributed by atoms with Crippen LogP contribution in [0.4, 0.5) is 4.39 Å². The molecule has 1 aromatic heterocycles. The number of aromatic nitrogens is 1. The quantitative estimate of drug-likeness (QED) is 0.803. The third-order valence-electron chi connectivity index (χ3n) is 3.87. The number of amides is 1. The highest BCUT2D eigenvalue weighted by atomic mass is 19.1. The van der Waals surface area contributed by atoms with E-state index < -0.39 is 0 Å². The van der Waals surface area contributed by atoms with E-state index in [1.54, 1.807) is 30.9 Å².